The van der Waals surface area contributed by atoms with Crippen molar-refractivity contribution in [1.82, 2.24) is 10.2 Å². The Morgan fingerprint density at radius 2 is 1.67 bits per heavy atom. The summed E-state index contributed by atoms with van der Waals surface area (Å²) in [5, 5.41) is 3.57. The molecule has 0 saturated carbocycles. The quantitative estimate of drug-likeness (QED) is 0.492. The molecule has 0 amide bonds. The summed E-state index contributed by atoms with van der Waals surface area (Å²) in [6.07, 6.45) is 6.66. The maximum atomic E-state index is 5.75. The summed E-state index contributed by atoms with van der Waals surface area (Å²) < 4.78 is 5.75. The second-order valence-electron chi connectivity index (χ2n) is 6.89. The molecule has 24 heavy (non-hydrogen) atoms. The average molecular weight is 335 g/mol. The molecule has 0 bridgehead atoms. The predicted octanol–water partition coefficient (Wildman–Crippen LogP) is 4.86. The molecule has 3 nitrogen and oxygen atoms in total. The number of nitrogens with zero attached hydrogens (tertiary/aromatic N) is 1. The average Bonchev–Trinajstić information content (AvgIpc) is 2.56. The highest BCUT2D eigenvalue weighted by Crippen LogP contribution is 2.14. The standard InChI is InChI=1S/C21H38N2O/c1-5-7-14-23(15-8-6-2)16-10-13-22-18-20-11-9-12-21(17-20)24-19(3)4/h9,11-12,17,19,22H,5-8,10,13-16,18H2,1-4H3. The highest BCUT2D eigenvalue weighted by molar-refractivity contribution is 5.28. The fraction of sp³-hybridized carbons (Fsp3) is 0.714. The Bertz CT molecular complexity index is 412. The highest BCUT2D eigenvalue weighted by Gasteiger charge is 2.04. The fourth-order valence-corrected chi connectivity index (χ4v) is 2.76. The molecule has 0 radical (unpaired) electrons. The van der Waals surface area contributed by atoms with Gasteiger partial charge in [-0.05, 0) is 77.0 Å². The maximum absolute atomic E-state index is 5.75. The van der Waals surface area contributed by atoms with Gasteiger partial charge in [0.2, 0.25) is 0 Å². The minimum Gasteiger partial charge on any atom is -0.491 e. The normalized spacial score (nSPS) is 11.4. The lowest BCUT2D eigenvalue weighted by atomic mass is 10.2. The summed E-state index contributed by atoms with van der Waals surface area (Å²) >= 11 is 0. The topological polar surface area (TPSA) is 24.5 Å². The fourth-order valence-electron chi connectivity index (χ4n) is 2.76. The van der Waals surface area contributed by atoms with Crippen LogP contribution < -0.4 is 10.1 Å². The van der Waals surface area contributed by atoms with Gasteiger partial charge < -0.3 is 15.0 Å². The van der Waals surface area contributed by atoms with Crippen LogP contribution in [0.3, 0.4) is 0 Å². The molecule has 0 saturated heterocycles. The molecule has 1 N–H and O–H groups in total. The van der Waals surface area contributed by atoms with E-state index in [1.165, 1.54) is 57.3 Å². The first-order chi connectivity index (χ1) is 11.7. The predicted molar refractivity (Wildman–Crippen MR) is 105 cm³/mol. The van der Waals surface area contributed by atoms with Crippen molar-refractivity contribution in [2.75, 3.05) is 26.2 Å². The smallest absolute Gasteiger partial charge is 0.120 e. The Kier molecular flexibility index (Phi) is 11.6. The molecule has 0 heterocycles. The molecule has 1 aromatic carbocycles. The third-order valence-corrected chi connectivity index (χ3v) is 4.08. The molecule has 0 spiro atoms. The van der Waals surface area contributed by atoms with Gasteiger partial charge in [0.05, 0.1) is 6.10 Å². The molecule has 0 aromatic heterocycles. The van der Waals surface area contributed by atoms with E-state index < -0.39 is 0 Å². The van der Waals surface area contributed by atoms with Crippen molar-refractivity contribution in [2.24, 2.45) is 0 Å². The van der Waals surface area contributed by atoms with Crippen LogP contribution in [0.25, 0.3) is 0 Å². The third kappa shape index (κ3) is 9.94. The number of ether oxygens (including phenoxy) is 1. The minimum atomic E-state index is 0.227. The number of unbranched alkanes of at least 4 members (excludes halogenated alkanes) is 2. The number of nitrogens with one attached hydrogen (secondary N) is 1. The molecule has 1 aromatic rings. The molecular formula is C21H38N2O. The molecule has 0 aliphatic rings. The maximum Gasteiger partial charge on any atom is 0.120 e. The van der Waals surface area contributed by atoms with Crippen molar-refractivity contribution < 1.29 is 4.74 Å². The van der Waals surface area contributed by atoms with E-state index in [1.54, 1.807) is 0 Å². The molecule has 0 fully saturated rings. The van der Waals surface area contributed by atoms with Gasteiger partial charge in [-0.15, -0.1) is 0 Å². The van der Waals surface area contributed by atoms with Gasteiger partial charge >= 0.3 is 0 Å². The first-order valence-electron chi connectivity index (χ1n) is 9.84. The van der Waals surface area contributed by atoms with Crippen LogP contribution in [-0.2, 0) is 6.54 Å². The molecule has 0 aliphatic heterocycles. The molecule has 0 atom stereocenters. The van der Waals surface area contributed by atoms with Gasteiger partial charge in [0.15, 0.2) is 0 Å². The first-order valence-corrected chi connectivity index (χ1v) is 9.84. The van der Waals surface area contributed by atoms with Crippen molar-refractivity contribution in [3.8, 4) is 5.75 Å². The van der Waals surface area contributed by atoms with E-state index in [0.29, 0.717) is 0 Å². The minimum absolute atomic E-state index is 0.227. The van der Waals surface area contributed by atoms with E-state index in [0.717, 1.165) is 18.8 Å². The zero-order valence-corrected chi connectivity index (χ0v) is 16.3. The summed E-state index contributed by atoms with van der Waals surface area (Å²) in [5.74, 6) is 0.967. The molecule has 0 aliphatic carbocycles. The number of hydrogen-bond donors (Lipinski definition) is 1. The van der Waals surface area contributed by atoms with Gasteiger partial charge in [0, 0.05) is 6.54 Å². The van der Waals surface area contributed by atoms with Crippen molar-refractivity contribution in [2.45, 2.75) is 72.4 Å². The van der Waals surface area contributed by atoms with E-state index in [-0.39, 0.29) is 6.10 Å². The SMILES string of the molecule is CCCCN(CCCC)CCCNCc1cccc(OC(C)C)c1. The summed E-state index contributed by atoms with van der Waals surface area (Å²) in [4.78, 5) is 2.63. The summed E-state index contributed by atoms with van der Waals surface area (Å²) in [6.45, 7) is 14.4. The molecule has 3 heteroatoms. The lowest BCUT2D eigenvalue weighted by Crippen LogP contribution is -2.29. The van der Waals surface area contributed by atoms with Gasteiger partial charge in [0.1, 0.15) is 5.75 Å². The Balaban J connectivity index is 2.24. The van der Waals surface area contributed by atoms with Crippen LogP contribution in [0.1, 0.15) is 65.4 Å². The lowest BCUT2D eigenvalue weighted by Gasteiger charge is -2.22. The second kappa shape index (κ2) is 13.3. The number of benzene rings is 1. The summed E-state index contributed by atoms with van der Waals surface area (Å²) in [5.41, 5.74) is 1.29. The zero-order chi connectivity index (χ0) is 17.6. The van der Waals surface area contributed by atoms with Gasteiger partial charge in [-0.3, -0.25) is 0 Å². The Morgan fingerprint density at radius 1 is 1.00 bits per heavy atom. The monoisotopic (exact) mass is 334 g/mol. The second-order valence-corrected chi connectivity index (χ2v) is 6.89. The highest BCUT2D eigenvalue weighted by atomic mass is 16.5. The van der Waals surface area contributed by atoms with E-state index >= 15 is 0 Å². The molecule has 1 rings (SSSR count). The molecular weight excluding hydrogens is 296 g/mol. The largest absolute Gasteiger partial charge is 0.491 e. The van der Waals surface area contributed by atoms with E-state index in [9.17, 15) is 0 Å². The van der Waals surface area contributed by atoms with Crippen LogP contribution >= 0.6 is 0 Å². The van der Waals surface area contributed by atoms with Gasteiger partial charge in [0.25, 0.3) is 0 Å². The summed E-state index contributed by atoms with van der Waals surface area (Å²) in [6, 6.07) is 8.41. The van der Waals surface area contributed by atoms with Crippen LogP contribution in [0, 0.1) is 0 Å². The zero-order valence-electron chi connectivity index (χ0n) is 16.3. The van der Waals surface area contributed by atoms with Crippen molar-refractivity contribution in [3.05, 3.63) is 29.8 Å². The Morgan fingerprint density at radius 3 is 2.29 bits per heavy atom. The van der Waals surface area contributed by atoms with Crippen molar-refractivity contribution in [3.63, 3.8) is 0 Å². The summed E-state index contributed by atoms with van der Waals surface area (Å²) in [7, 11) is 0. The third-order valence-electron chi connectivity index (χ3n) is 4.08. The van der Waals surface area contributed by atoms with Crippen LogP contribution in [0.15, 0.2) is 24.3 Å². The van der Waals surface area contributed by atoms with Crippen molar-refractivity contribution in [1.29, 1.82) is 0 Å². The van der Waals surface area contributed by atoms with E-state index in [4.69, 9.17) is 4.74 Å². The van der Waals surface area contributed by atoms with Gasteiger partial charge in [-0.25, -0.2) is 0 Å². The molecule has 138 valence electrons. The molecule has 0 unspecified atom stereocenters. The Hall–Kier alpha value is -1.06. The number of rotatable bonds is 14. The first kappa shape index (κ1) is 21.0. The van der Waals surface area contributed by atoms with Crippen LogP contribution in [-0.4, -0.2) is 37.2 Å². The van der Waals surface area contributed by atoms with Crippen LogP contribution in [0.5, 0.6) is 5.75 Å². The van der Waals surface area contributed by atoms with Crippen molar-refractivity contribution >= 4 is 0 Å². The lowest BCUT2D eigenvalue weighted by molar-refractivity contribution is 0.242. The number of hydrogen-bond acceptors (Lipinski definition) is 3. The van der Waals surface area contributed by atoms with Crippen LogP contribution in [0.4, 0.5) is 0 Å². The Labute approximate surface area is 149 Å². The van der Waals surface area contributed by atoms with Crippen LogP contribution in [0.2, 0.25) is 0 Å². The van der Waals surface area contributed by atoms with E-state index in [2.05, 4.69) is 56.1 Å². The van der Waals surface area contributed by atoms with Gasteiger partial charge in [-0.1, -0.05) is 38.8 Å². The van der Waals surface area contributed by atoms with Gasteiger partial charge in [-0.2, -0.15) is 0 Å². The van der Waals surface area contributed by atoms with E-state index in [1.807, 2.05) is 6.07 Å².